The lowest BCUT2D eigenvalue weighted by Gasteiger charge is -2.09. The SMILES string of the molecule is CC(C)OCCOCCOCCOCCOCCOCCOCCOCCOCCOCCCl. The van der Waals surface area contributed by atoms with Gasteiger partial charge >= 0.3 is 0 Å². The van der Waals surface area contributed by atoms with Crippen molar-refractivity contribution in [1.82, 2.24) is 0 Å². The summed E-state index contributed by atoms with van der Waals surface area (Å²) in [6.45, 7) is 14.3. The lowest BCUT2D eigenvalue weighted by Crippen LogP contribution is -2.15. The Morgan fingerprint density at radius 2 is 0.559 bits per heavy atom. The van der Waals surface area contributed by atoms with Crippen molar-refractivity contribution in [3.05, 3.63) is 0 Å². The highest BCUT2D eigenvalue weighted by atomic mass is 35.5. The van der Waals surface area contributed by atoms with Crippen LogP contribution in [-0.4, -0.2) is 138 Å². The Morgan fingerprint density at radius 3 is 0.765 bits per heavy atom. The molecule has 0 unspecified atom stereocenters. The van der Waals surface area contributed by atoms with Crippen molar-refractivity contribution in [3.63, 3.8) is 0 Å². The summed E-state index contributed by atoms with van der Waals surface area (Å²) in [5, 5.41) is 0. The second-order valence-electron chi connectivity index (χ2n) is 7.12. The largest absolute Gasteiger partial charge is 0.378 e. The molecule has 34 heavy (non-hydrogen) atoms. The second-order valence-corrected chi connectivity index (χ2v) is 7.50. The van der Waals surface area contributed by atoms with Crippen molar-refractivity contribution < 1.29 is 47.4 Å². The molecule has 0 aromatic heterocycles. The fourth-order valence-corrected chi connectivity index (χ4v) is 2.37. The van der Waals surface area contributed by atoms with Crippen LogP contribution in [0.3, 0.4) is 0 Å². The van der Waals surface area contributed by atoms with E-state index in [0.717, 1.165) is 0 Å². The van der Waals surface area contributed by atoms with Gasteiger partial charge in [0.25, 0.3) is 0 Å². The van der Waals surface area contributed by atoms with Crippen LogP contribution in [0, 0.1) is 0 Å². The van der Waals surface area contributed by atoms with Crippen molar-refractivity contribution in [2.75, 3.05) is 131 Å². The molecular weight excluding hydrogens is 472 g/mol. The first kappa shape index (κ1) is 33.9. The Bertz CT molecular complexity index is 367. The Labute approximate surface area is 210 Å². The molecule has 0 aliphatic carbocycles. The highest BCUT2D eigenvalue weighted by Crippen LogP contribution is 1.88. The molecule has 0 aliphatic heterocycles. The van der Waals surface area contributed by atoms with Crippen molar-refractivity contribution >= 4 is 11.6 Å². The van der Waals surface area contributed by atoms with Gasteiger partial charge in [0.2, 0.25) is 0 Å². The van der Waals surface area contributed by atoms with Crippen LogP contribution in [0.2, 0.25) is 0 Å². The lowest BCUT2D eigenvalue weighted by molar-refractivity contribution is -0.0277. The van der Waals surface area contributed by atoms with Gasteiger partial charge in [-0.1, -0.05) is 0 Å². The van der Waals surface area contributed by atoms with Gasteiger partial charge in [0.15, 0.2) is 0 Å². The number of rotatable bonds is 30. The first-order chi connectivity index (χ1) is 16.8. The molecule has 0 bridgehead atoms. The Balaban J connectivity index is 3.00. The lowest BCUT2D eigenvalue weighted by atomic mass is 10.5. The normalized spacial score (nSPS) is 11.6. The van der Waals surface area contributed by atoms with E-state index in [-0.39, 0.29) is 6.10 Å². The molecule has 0 saturated heterocycles. The predicted molar refractivity (Wildman–Crippen MR) is 129 cm³/mol. The summed E-state index contributed by atoms with van der Waals surface area (Å²) in [6.07, 6.45) is 0.236. The summed E-state index contributed by atoms with van der Waals surface area (Å²) in [6, 6.07) is 0. The van der Waals surface area contributed by atoms with E-state index in [1.807, 2.05) is 13.8 Å². The maximum absolute atomic E-state index is 5.50. The molecule has 0 spiro atoms. The fourth-order valence-electron chi connectivity index (χ4n) is 2.26. The van der Waals surface area contributed by atoms with Gasteiger partial charge in [-0.15, -0.1) is 11.6 Å². The van der Waals surface area contributed by atoms with Crippen LogP contribution in [0.5, 0.6) is 0 Å². The number of hydrogen-bond acceptors (Lipinski definition) is 10. The smallest absolute Gasteiger partial charge is 0.0703 e. The van der Waals surface area contributed by atoms with Gasteiger partial charge < -0.3 is 47.4 Å². The minimum atomic E-state index is 0.236. The van der Waals surface area contributed by atoms with E-state index < -0.39 is 0 Å². The fraction of sp³-hybridized carbons (Fsp3) is 1.00. The van der Waals surface area contributed by atoms with E-state index in [0.29, 0.717) is 131 Å². The molecule has 0 fully saturated rings. The highest BCUT2D eigenvalue weighted by molar-refractivity contribution is 6.17. The molecule has 0 aliphatic rings. The molecule has 0 N–H and O–H groups in total. The molecular formula is C23H47ClO10. The Hall–Kier alpha value is -0.110. The minimum absolute atomic E-state index is 0.236. The average Bonchev–Trinajstić information content (AvgIpc) is 2.83. The first-order valence-electron chi connectivity index (χ1n) is 12.1. The molecule has 10 nitrogen and oxygen atoms in total. The van der Waals surface area contributed by atoms with Gasteiger partial charge in [-0.05, 0) is 13.8 Å². The van der Waals surface area contributed by atoms with Crippen LogP contribution < -0.4 is 0 Å². The van der Waals surface area contributed by atoms with E-state index in [9.17, 15) is 0 Å². The molecule has 0 radical (unpaired) electrons. The zero-order valence-electron chi connectivity index (χ0n) is 21.2. The quantitative estimate of drug-likeness (QED) is 0.103. The molecule has 0 amide bonds. The molecule has 0 atom stereocenters. The number of hydrogen-bond donors (Lipinski definition) is 0. The topological polar surface area (TPSA) is 92.3 Å². The van der Waals surface area contributed by atoms with Crippen LogP contribution >= 0.6 is 11.6 Å². The third kappa shape index (κ3) is 31.9. The summed E-state index contributed by atoms with van der Waals surface area (Å²) in [4.78, 5) is 0. The van der Waals surface area contributed by atoms with Gasteiger partial charge in [-0.25, -0.2) is 0 Å². The first-order valence-corrected chi connectivity index (χ1v) is 12.7. The molecule has 206 valence electrons. The maximum atomic E-state index is 5.50. The molecule has 0 aromatic carbocycles. The van der Waals surface area contributed by atoms with Crippen molar-refractivity contribution in [1.29, 1.82) is 0 Å². The summed E-state index contributed by atoms with van der Waals surface area (Å²) in [5.74, 6) is 0.502. The zero-order chi connectivity index (χ0) is 24.8. The van der Waals surface area contributed by atoms with Crippen LogP contribution in [0.1, 0.15) is 13.8 Å². The Kier molecular flexibility index (Phi) is 30.8. The molecule has 0 aromatic rings. The third-order valence-corrected chi connectivity index (χ3v) is 4.03. The second kappa shape index (κ2) is 30.9. The van der Waals surface area contributed by atoms with Gasteiger partial charge in [-0.3, -0.25) is 0 Å². The Morgan fingerprint density at radius 1 is 0.353 bits per heavy atom. The molecule has 0 rings (SSSR count). The molecule has 0 heterocycles. The van der Waals surface area contributed by atoms with Gasteiger partial charge in [0, 0.05) is 5.88 Å². The van der Waals surface area contributed by atoms with E-state index in [1.165, 1.54) is 0 Å². The van der Waals surface area contributed by atoms with Crippen LogP contribution in [-0.2, 0) is 47.4 Å². The standard InChI is InChI=1S/C23H47ClO10/c1-23(2)34-22-21-33-20-19-32-18-17-31-16-15-30-14-13-29-12-11-28-10-9-27-8-7-26-6-5-25-4-3-24/h23H,3-22H2,1-2H3. The predicted octanol–water partition coefficient (Wildman–Crippen LogP) is 1.80. The van der Waals surface area contributed by atoms with Crippen molar-refractivity contribution in [2.45, 2.75) is 20.0 Å². The zero-order valence-corrected chi connectivity index (χ0v) is 21.9. The van der Waals surface area contributed by atoms with E-state index in [1.54, 1.807) is 0 Å². The average molecular weight is 519 g/mol. The van der Waals surface area contributed by atoms with Gasteiger partial charge in [-0.2, -0.15) is 0 Å². The van der Waals surface area contributed by atoms with E-state index in [4.69, 9.17) is 59.0 Å². The monoisotopic (exact) mass is 518 g/mol. The molecule has 0 saturated carbocycles. The van der Waals surface area contributed by atoms with Crippen LogP contribution in [0.15, 0.2) is 0 Å². The summed E-state index contributed by atoms with van der Waals surface area (Å²) in [7, 11) is 0. The number of halogens is 1. The number of alkyl halides is 1. The maximum Gasteiger partial charge on any atom is 0.0703 e. The van der Waals surface area contributed by atoms with E-state index in [2.05, 4.69) is 0 Å². The summed E-state index contributed by atoms with van der Waals surface area (Å²) < 4.78 is 53.9. The highest BCUT2D eigenvalue weighted by Gasteiger charge is 1.96. The van der Waals surface area contributed by atoms with Crippen LogP contribution in [0.25, 0.3) is 0 Å². The minimum Gasteiger partial charge on any atom is -0.378 e. The van der Waals surface area contributed by atoms with Crippen molar-refractivity contribution in [2.24, 2.45) is 0 Å². The van der Waals surface area contributed by atoms with Crippen molar-refractivity contribution in [3.8, 4) is 0 Å². The summed E-state index contributed by atoms with van der Waals surface area (Å²) >= 11 is 5.50. The molecule has 11 heteroatoms. The summed E-state index contributed by atoms with van der Waals surface area (Å²) in [5.41, 5.74) is 0. The van der Waals surface area contributed by atoms with Crippen LogP contribution in [0.4, 0.5) is 0 Å². The van der Waals surface area contributed by atoms with Gasteiger partial charge in [0.1, 0.15) is 0 Å². The third-order valence-electron chi connectivity index (χ3n) is 3.88. The number of ether oxygens (including phenoxy) is 10. The van der Waals surface area contributed by atoms with E-state index >= 15 is 0 Å². The van der Waals surface area contributed by atoms with Gasteiger partial charge in [0.05, 0.1) is 132 Å².